The highest BCUT2D eigenvalue weighted by Crippen LogP contribution is 2.36. The molecule has 1 aliphatic rings. The number of phenols is 1. The number of hydrogen-bond acceptors (Lipinski definition) is 5. The number of aromatic hydroxyl groups is 1. The van der Waals surface area contributed by atoms with Crippen molar-refractivity contribution in [3.8, 4) is 11.5 Å². The van der Waals surface area contributed by atoms with Gasteiger partial charge in [-0.15, -0.1) is 0 Å². The van der Waals surface area contributed by atoms with E-state index in [0.717, 1.165) is 25.7 Å². The molecule has 134 valence electrons. The summed E-state index contributed by atoms with van der Waals surface area (Å²) in [5.74, 6) is 0.508. The van der Waals surface area contributed by atoms with Gasteiger partial charge in [0.2, 0.25) is 0 Å². The van der Waals surface area contributed by atoms with E-state index in [-0.39, 0.29) is 16.9 Å². The van der Waals surface area contributed by atoms with E-state index in [1.54, 1.807) is 18.2 Å². The number of hydrogen-bond donors (Lipinski definition) is 2. The number of ether oxygens (including phenoxy) is 1. The Morgan fingerprint density at radius 2 is 1.96 bits per heavy atom. The normalized spacial score (nSPS) is 14.7. The first-order valence-electron chi connectivity index (χ1n) is 8.46. The maximum absolute atomic E-state index is 13.4. The molecule has 1 heterocycles. The van der Waals surface area contributed by atoms with Crippen molar-refractivity contribution >= 4 is 34.0 Å². The van der Waals surface area contributed by atoms with Crippen molar-refractivity contribution in [3.63, 3.8) is 0 Å². The van der Waals surface area contributed by atoms with Crippen LogP contribution in [0.4, 0.5) is 15.9 Å². The number of rotatable bonds is 4. The first kappa shape index (κ1) is 16.8. The van der Waals surface area contributed by atoms with Crippen LogP contribution in [0.25, 0.3) is 10.9 Å². The summed E-state index contributed by atoms with van der Waals surface area (Å²) in [6.45, 7) is 0. The summed E-state index contributed by atoms with van der Waals surface area (Å²) in [7, 11) is 0. The molecule has 2 N–H and O–H groups in total. The molecule has 3 aromatic rings. The van der Waals surface area contributed by atoms with Crippen LogP contribution in [0.1, 0.15) is 25.7 Å². The minimum Gasteiger partial charge on any atom is -0.504 e. The summed E-state index contributed by atoms with van der Waals surface area (Å²) in [4.78, 5) is 8.46. The van der Waals surface area contributed by atoms with E-state index in [1.807, 2.05) is 0 Å². The predicted molar refractivity (Wildman–Crippen MR) is 98.8 cm³/mol. The molecule has 0 unspecified atom stereocenters. The number of fused-ring (bicyclic) bond motifs is 1. The average Bonchev–Trinajstić information content (AvgIpc) is 3.12. The molecular formula is C19H17ClFN3O2. The number of phenolic OH excluding ortho intramolecular Hbond substituents is 1. The predicted octanol–water partition coefficient (Wildman–Crippen LogP) is 5.19. The fourth-order valence-electron chi connectivity index (χ4n) is 3.16. The Morgan fingerprint density at radius 1 is 1.15 bits per heavy atom. The Hall–Kier alpha value is -2.60. The van der Waals surface area contributed by atoms with E-state index in [9.17, 15) is 9.50 Å². The molecule has 0 aliphatic heterocycles. The highest BCUT2D eigenvalue weighted by molar-refractivity contribution is 6.31. The van der Waals surface area contributed by atoms with E-state index >= 15 is 0 Å². The standard InChI is InChI=1S/C19H17ClFN3O2/c20-14-7-11(5-6-15(14)21)24-19-13-8-18(26-12-3-1-2-4-12)17(25)9-16(13)22-10-23-19/h5-10,12,25H,1-4H2,(H,22,23,24). The fraction of sp³-hybridized carbons (Fsp3) is 0.263. The molecule has 1 fully saturated rings. The average molecular weight is 374 g/mol. The van der Waals surface area contributed by atoms with Gasteiger partial charge in [-0.2, -0.15) is 0 Å². The Bertz CT molecular complexity index is 961. The van der Waals surface area contributed by atoms with Crippen molar-refractivity contribution in [2.45, 2.75) is 31.8 Å². The van der Waals surface area contributed by atoms with Crippen molar-refractivity contribution in [2.24, 2.45) is 0 Å². The van der Waals surface area contributed by atoms with Crippen molar-refractivity contribution < 1.29 is 14.2 Å². The third-order valence-corrected chi connectivity index (χ3v) is 4.78. The molecule has 0 amide bonds. The molecule has 0 spiro atoms. The van der Waals surface area contributed by atoms with Crippen molar-refractivity contribution in [1.82, 2.24) is 9.97 Å². The first-order valence-corrected chi connectivity index (χ1v) is 8.84. The Labute approximate surface area is 154 Å². The smallest absolute Gasteiger partial charge is 0.162 e. The Morgan fingerprint density at radius 3 is 2.73 bits per heavy atom. The lowest BCUT2D eigenvalue weighted by Gasteiger charge is -2.16. The van der Waals surface area contributed by atoms with Crippen LogP contribution in [0, 0.1) is 5.82 Å². The second-order valence-corrected chi connectivity index (χ2v) is 6.74. The maximum Gasteiger partial charge on any atom is 0.162 e. The lowest BCUT2D eigenvalue weighted by Crippen LogP contribution is -2.11. The van der Waals surface area contributed by atoms with Gasteiger partial charge < -0.3 is 15.2 Å². The first-order chi connectivity index (χ1) is 12.6. The van der Waals surface area contributed by atoms with E-state index < -0.39 is 5.82 Å². The van der Waals surface area contributed by atoms with Crippen LogP contribution in [-0.4, -0.2) is 21.2 Å². The summed E-state index contributed by atoms with van der Waals surface area (Å²) < 4.78 is 19.3. The Balaban J connectivity index is 1.70. The van der Waals surface area contributed by atoms with Gasteiger partial charge >= 0.3 is 0 Å². The molecule has 1 aromatic heterocycles. The van der Waals surface area contributed by atoms with E-state index in [1.165, 1.54) is 18.5 Å². The number of benzene rings is 2. The molecule has 0 atom stereocenters. The van der Waals surface area contributed by atoms with Crippen molar-refractivity contribution in [1.29, 1.82) is 0 Å². The second-order valence-electron chi connectivity index (χ2n) is 6.34. The van der Waals surface area contributed by atoms with Crippen LogP contribution in [0.15, 0.2) is 36.7 Å². The summed E-state index contributed by atoms with van der Waals surface area (Å²) in [5, 5.41) is 14.1. The van der Waals surface area contributed by atoms with Crippen LogP contribution < -0.4 is 10.1 Å². The zero-order valence-corrected chi connectivity index (χ0v) is 14.6. The van der Waals surface area contributed by atoms with Crippen molar-refractivity contribution in [3.05, 3.63) is 47.5 Å². The third-order valence-electron chi connectivity index (χ3n) is 4.49. The minimum absolute atomic E-state index is 0.0243. The van der Waals surface area contributed by atoms with Gasteiger partial charge in [-0.1, -0.05) is 11.6 Å². The fourth-order valence-corrected chi connectivity index (χ4v) is 3.34. The molecule has 0 radical (unpaired) electrons. The number of halogens is 2. The van der Waals surface area contributed by atoms with Crippen LogP contribution in [0.5, 0.6) is 11.5 Å². The van der Waals surface area contributed by atoms with Gasteiger partial charge in [0.15, 0.2) is 11.5 Å². The lowest BCUT2D eigenvalue weighted by molar-refractivity contribution is 0.202. The topological polar surface area (TPSA) is 67.3 Å². The van der Waals surface area contributed by atoms with E-state index in [4.69, 9.17) is 16.3 Å². The number of anilines is 2. The summed E-state index contributed by atoms with van der Waals surface area (Å²) in [5.41, 5.74) is 1.18. The number of aromatic nitrogens is 2. The van der Waals surface area contributed by atoms with Gasteiger partial charge in [0.05, 0.1) is 16.6 Å². The van der Waals surface area contributed by atoms with Crippen LogP contribution >= 0.6 is 11.6 Å². The molecule has 7 heteroatoms. The molecule has 0 saturated heterocycles. The molecule has 26 heavy (non-hydrogen) atoms. The van der Waals surface area contributed by atoms with Gasteiger partial charge in [0, 0.05) is 17.1 Å². The highest BCUT2D eigenvalue weighted by atomic mass is 35.5. The van der Waals surface area contributed by atoms with Gasteiger partial charge in [0.1, 0.15) is 18.0 Å². The maximum atomic E-state index is 13.4. The van der Waals surface area contributed by atoms with Crippen LogP contribution in [0.3, 0.4) is 0 Å². The summed E-state index contributed by atoms with van der Waals surface area (Å²) >= 11 is 5.84. The third kappa shape index (κ3) is 3.37. The second kappa shape index (κ2) is 6.96. The molecule has 0 bridgehead atoms. The molecule has 1 saturated carbocycles. The molecule has 4 rings (SSSR count). The van der Waals surface area contributed by atoms with Crippen molar-refractivity contribution in [2.75, 3.05) is 5.32 Å². The highest BCUT2D eigenvalue weighted by Gasteiger charge is 2.19. The van der Waals surface area contributed by atoms with Gasteiger partial charge in [-0.05, 0) is 49.9 Å². The van der Waals surface area contributed by atoms with Gasteiger partial charge in [0.25, 0.3) is 0 Å². The quantitative estimate of drug-likeness (QED) is 0.658. The van der Waals surface area contributed by atoms with E-state index in [2.05, 4.69) is 15.3 Å². The van der Waals surface area contributed by atoms with Crippen LogP contribution in [-0.2, 0) is 0 Å². The minimum atomic E-state index is -0.484. The molecular weight excluding hydrogens is 357 g/mol. The monoisotopic (exact) mass is 373 g/mol. The Kier molecular flexibility index (Phi) is 4.51. The van der Waals surface area contributed by atoms with Crippen LogP contribution in [0.2, 0.25) is 5.02 Å². The molecule has 1 aliphatic carbocycles. The summed E-state index contributed by atoms with van der Waals surface area (Å²) in [6, 6.07) is 7.64. The molecule has 2 aromatic carbocycles. The van der Waals surface area contributed by atoms with E-state index in [0.29, 0.717) is 28.2 Å². The SMILES string of the molecule is Oc1cc2ncnc(Nc3ccc(F)c(Cl)c3)c2cc1OC1CCCC1. The van der Waals surface area contributed by atoms with Gasteiger partial charge in [-0.25, -0.2) is 14.4 Å². The largest absolute Gasteiger partial charge is 0.504 e. The zero-order valence-electron chi connectivity index (χ0n) is 13.9. The lowest BCUT2D eigenvalue weighted by atomic mass is 10.2. The zero-order chi connectivity index (χ0) is 18.1. The number of nitrogens with zero attached hydrogens (tertiary/aromatic N) is 2. The molecule has 5 nitrogen and oxygen atoms in total. The number of nitrogens with one attached hydrogen (secondary N) is 1. The summed E-state index contributed by atoms with van der Waals surface area (Å²) in [6.07, 6.45) is 5.77. The van der Waals surface area contributed by atoms with Gasteiger partial charge in [-0.3, -0.25) is 0 Å².